The van der Waals surface area contributed by atoms with Crippen LogP contribution in [0.3, 0.4) is 0 Å². The highest BCUT2D eigenvalue weighted by molar-refractivity contribution is 7.90. The van der Waals surface area contributed by atoms with Gasteiger partial charge in [-0.2, -0.15) is 0 Å². The highest BCUT2D eigenvalue weighted by Crippen LogP contribution is 2.30. The molecule has 0 spiro atoms. The van der Waals surface area contributed by atoms with E-state index in [2.05, 4.69) is 15.0 Å². The van der Waals surface area contributed by atoms with E-state index in [-0.39, 0.29) is 16.4 Å². The predicted molar refractivity (Wildman–Crippen MR) is 150 cm³/mol. The number of ether oxygens (including phenoxy) is 1. The Morgan fingerprint density at radius 3 is 2.49 bits per heavy atom. The fourth-order valence-corrected chi connectivity index (χ4v) is 6.17. The van der Waals surface area contributed by atoms with Crippen molar-refractivity contribution in [2.24, 2.45) is 5.92 Å². The first-order valence-corrected chi connectivity index (χ1v) is 14.5. The van der Waals surface area contributed by atoms with E-state index in [0.717, 1.165) is 40.6 Å². The Morgan fingerprint density at radius 1 is 0.974 bits per heavy atom. The fraction of sp³-hybridized carbons (Fsp3) is 0.267. The van der Waals surface area contributed by atoms with E-state index in [1.54, 1.807) is 30.3 Å². The number of fused-ring (bicyclic) bond motifs is 1. The Labute approximate surface area is 227 Å². The summed E-state index contributed by atoms with van der Waals surface area (Å²) in [6, 6.07) is 18.4. The molecule has 202 valence electrons. The molecule has 0 atom stereocenters. The third-order valence-electron chi connectivity index (χ3n) is 7.21. The zero-order valence-corrected chi connectivity index (χ0v) is 22.5. The van der Waals surface area contributed by atoms with E-state index >= 15 is 0 Å². The maximum Gasteiger partial charge on any atom is 0.265 e. The summed E-state index contributed by atoms with van der Waals surface area (Å²) in [5.74, 6) is 0.285. The number of rotatable bonds is 9. The van der Waals surface area contributed by atoms with Gasteiger partial charge in [-0.3, -0.25) is 9.59 Å². The van der Waals surface area contributed by atoms with Crippen molar-refractivity contribution in [3.8, 4) is 5.75 Å². The summed E-state index contributed by atoms with van der Waals surface area (Å²) >= 11 is 0. The number of aromatic nitrogens is 1. The minimum absolute atomic E-state index is 0.0119. The molecule has 0 radical (unpaired) electrons. The van der Waals surface area contributed by atoms with Gasteiger partial charge in [0.05, 0.1) is 12.0 Å². The lowest BCUT2D eigenvalue weighted by molar-refractivity contribution is -0.117. The molecule has 1 saturated carbocycles. The van der Waals surface area contributed by atoms with Crippen LogP contribution in [-0.4, -0.2) is 32.3 Å². The van der Waals surface area contributed by atoms with E-state index in [1.165, 1.54) is 38.2 Å². The molecular formula is C30H31N3O5S. The van der Waals surface area contributed by atoms with Gasteiger partial charge in [-0.05, 0) is 66.3 Å². The first kappa shape index (κ1) is 26.5. The fourth-order valence-electron chi connectivity index (χ4n) is 5.18. The number of aromatic amines is 1. The SMILES string of the molecule is COc1cc(C(=O)NS(=O)(=O)c2ccccc2)ccc1Cc1c[nH]c2cc(NC(=O)CC3CCCC3)ccc12. The first-order valence-electron chi connectivity index (χ1n) is 13.0. The maximum atomic E-state index is 12.7. The molecule has 1 aliphatic rings. The predicted octanol–water partition coefficient (Wildman–Crippen LogP) is 5.40. The van der Waals surface area contributed by atoms with Gasteiger partial charge in [0.15, 0.2) is 0 Å². The monoisotopic (exact) mass is 545 g/mol. The second-order valence-corrected chi connectivity index (χ2v) is 11.6. The highest BCUT2D eigenvalue weighted by atomic mass is 32.2. The number of carbonyl (C=O) groups excluding carboxylic acids is 2. The summed E-state index contributed by atoms with van der Waals surface area (Å²) < 4.78 is 32.7. The first-order chi connectivity index (χ1) is 18.8. The van der Waals surface area contributed by atoms with Gasteiger partial charge in [0.25, 0.3) is 15.9 Å². The van der Waals surface area contributed by atoms with Gasteiger partial charge in [-0.25, -0.2) is 13.1 Å². The number of hydrogen-bond donors (Lipinski definition) is 3. The summed E-state index contributed by atoms with van der Waals surface area (Å²) in [7, 11) is -2.48. The van der Waals surface area contributed by atoms with E-state index in [0.29, 0.717) is 24.5 Å². The molecule has 1 aromatic heterocycles. The average Bonchev–Trinajstić information content (AvgIpc) is 3.59. The van der Waals surface area contributed by atoms with Crippen molar-refractivity contribution in [1.29, 1.82) is 0 Å². The molecule has 0 aliphatic heterocycles. The zero-order valence-electron chi connectivity index (χ0n) is 21.7. The van der Waals surface area contributed by atoms with Gasteiger partial charge in [-0.1, -0.05) is 43.2 Å². The smallest absolute Gasteiger partial charge is 0.265 e. The molecule has 8 nitrogen and oxygen atoms in total. The van der Waals surface area contributed by atoms with Crippen LogP contribution in [0.25, 0.3) is 10.9 Å². The van der Waals surface area contributed by atoms with Crippen molar-refractivity contribution in [2.45, 2.75) is 43.4 Å². The number of amides is 2. The number of benzene rings is 3. The van der Waals surface area contributed by atoms with Gasteiger partial charge in [0, 0.05) is 41.2 Å². The molecule has 4 aromatic rings. The second kappa shape index (κ2) is 11.3. The van der Waals surface area contributed by atoms with Crippen molar-refractivity contribution in [3.63, 3.8) is 0 Å². The molecular weight excluding hydrogens is 514 g/mol. The summed E-state index contributed by atoms with van der Waals surface area (Å²) in [5, 5.41) is 4.04. The van der Waals surface area contributed by atoms with Crippen molar-refractivity contribution < 1.29 is 22.7 Å². The molecule has 2 amide bonds. The molecule has 1 aliphatic carbocycles. The summed E-state index contributed by atoms with van der Waals surface area (Å²) in [4.78, 5) is 28.5. The number of H-pyrrole nitrogens is 1. The van der Waals surface area contributed by atoms with Crippen LogP contribution >= 0.6 is 0 Å². The van der Waals surface area contributed by atoms with Crippen molar-refractivity contribution in [2.75, 3.05) is 12.4 Å². The summed E-state index contributed by atoms with van der Waals surface area (Å²) in [6.45, 7) is 0. The minimum atomic E-state index is -3.99. The lowest BCUT2D eigenvalue weighted by Crippen LogP contribution is -2.30. The maximum absolute atomic E-state index is 12.7. The summed E-state index contributed by atoms with van der Waals surface area (Å²) in [6.07, 6.45) is 7.71. The minimum Gasteiger partial charge on any atom is -0.496 e. The van der Waals surface area contributed by atoms with Gasteiger partial charge in [-0.15, -0.1) is 0 Å². The Hall–Kier alpha value is -4.11. The number of anilines is 1. The molecule has 3 N–H and O–H groups in total. The van der Waals surface area contributed by atoms with E-state index < -0.39 is 15.9 Å². The number of sulfonamides is 1. The molecule has 0 saturated heterocycles. The number of hydrogen-bond acceptors (Lipinski definition) is 5. The van der Waals surface area contributed by atoms with Crippen LogP contribution in [0, 0.1) is 5.92 Å². The average molecular weight is 546 g/mol. The third kappa shape index (κ3) is 6.15. The molecule has 9 heteroatoms. The Balaban J connectivity index is 1.29. The molecule has 0 unspecified atom stereocenters. The van der Waals surface area contributed by atoms with Crippen LogP contribution in [-0.2, 0) is 21.2 Å². The third-order valence-corrected chi connectivity index (χ3v) is 8.56. The van der Waals surface area contributed by atoms with E-state index in [1.807, 2.05) is 24.4 Å². The lowest BCUT2D eigenvalue weighted by atomic mass is 10.0. The van der Waals surface area contributed by atoms with Gasteiger partial charge in [0.1, 0.15) is 5.75 Å². The lowest BCUT2D eigenvalue weighted by Gasteiger charge is -2.12. The molecule has 3 aromatic carbocycles. The number of carbonyl (C=O) groups is 2. The number of nitrogens with one attached hydrogen (secondary N) is 3. The van der Waals surface area contributed by atoms with Crippen LogP contribution in [0.15, 0.2) is 77.8 Å². The van der Waals surface area contributed by atoms with Crippen molar-refractivity contribution >= 4 is 38.4 Å². The summed E-state index contributed by atoms with van der Waals surface area (Å²) in [5.41, 5.74) is 3.71. The van der Waals surface area contributed by atoms with Crippen molar-refractivity contribution in [1.82, 2.24) is 9.71 Å². The number of methoxy groups -OCH3 is 1. The zero-order chi connectivity index (χ0) is 27.4. The van der Waals surface area contributed by atoms with Crippen molar-refractivity contribution in [3.05, 3.63) is 89.6 Å². The molecule has 0 bridgehead atoms. The van der Waals surface area contributed by atoms with Gasteiger partial charge in [0.2, 0.25) is 5.91 Å². The van der Waals surface area contributed by atoms with Gasteiger partial charge >= 0.3 is 0 Å². The van der Waals surface area contributed by atoms with E-state index in [4.69, 9.17) is 4.74 Å². The Bertz CT molecular complexity index is 1610. The quantitative estimate of drug-likeness (QED) is 0.260. The molecule has 5 rings (SSSR count). The van der Waals surface area contributed by atoms with Crippen LogP contribution in [0.5, 0.6) is 5.75 Å². The van der Waals surface area contributed by atoms with Crippen LogP contribution in [0.4, 0.5) is 5.69 Å². The Kier molecular flexibility index (Phi) is 7.70. The second-order valence-electron chi connectivity index (χ2n) is 9.93. The molecule has 1 heterocycles. The van der Waals surface area contributed by atoms with Crippen LogP contribution in [0.2, 0.25) is 0 Å². The topological polar surface area (TPSA) is 117 Å². The highest BCUT2D eigenvalue weighted by Gasteiger charge is 2.21. The molecule has 1 fully saturated rings. The van der Waals surface area contributed by atoms with Gasteiger partial charge < -0.3 is 15.0 Å². The standard InChI is InChI=1S/C30H31N3O5S/c1-38-28-17-22(30(35)33-39(36,37)25-9-3-2-4-10-25)12-11-21(28)16-23-19-31-27-18-24(13-14-26(23)27)32-29(34)15-20-7-5-6-8-20/h2-4,9-14,17-20,31H,5-8,15-16H2,1H3,(H,32,34)(H,33,35). The Morgan fingerprint density at radius 2 is 1.74 bits per heavy atom. The van der Waals surface area contributed by atoms with Crippen LogP contribution in [0.1, 0.15) is 53.6 Å². The molecule has 39 heavy (non-hydrogen) atoms. The normalized spacial score (nSPS) is 13.9. The largest absolute Gasteiger partial charge is 0.496 e. The van der Waals surface area contributed by atoms with E-state index in [9.17, 15) is 18.0 Å². The van der Waals surface area contributed by atoms with Crippen LogP contribution < -0.4 is 14.8 Å².